The molecule has 0 spiro atoms. The molecule has 0 bridgehead atoms. The van der Waals surface area contributed by atoms with Gasteiger partial charge in [-0.3, -0.25) is 9.59 Å². The fourth-order valence-corrected chi connectivity index (χ4v) is 3.25. The smallest absolute Gasteiger partial charge is 0.266 e. The van der Waals surface area contributed by atoms with Gasteiger partial charge in [0.15, 0.2) is 0 Å². The summed E-state index contributed by atoms with van der Waals surface area (Å²) in [7, 11) is 2.08. The van der Waals surface area contributed by atoms with Crippen LogP contribution in [0.4, 0.5) is 5.69 Å². The summed E-state index contributed by atoms with van der Waals surface area (Å²) in [6.45, 7) is 1.89. The molecule has 0 radical (unpaired) electrons. The van der Waals surface area contributed by atoms with Crippen LogP contribution in [0, 0.1) is 0 Å². The summed E-state index contributed by atoms with van der Waals surface area (Å²) in [4.78, 5) is 28.6. The predicted octanol–water partition coefficient (Wildman–Crippen LogP) is 2.48. The van der Waals surface area contributed by atoms with Crippen LogP contribution in [0.15, 0.2) is 42.5 Å². The van der Waals surface area contributed by atoms with Gasteiger partial charge in [0, 0.05) is 13.1 Å². The first kappa shape index (κ1) is 13.2. The molecule has 22 heavy (non-hydrogen) atoms. The van der Waals surface area contributed by atoms with E-state index < -0.39 is 0 Å². The van der Waals surface area contributed by atoms with Gasteiger partial charge in [-0.05, 0) is 48.9 Å². The molecule has 0 atom stereocenters. The third kappa shape index (κ3) is 1.88. The van der Waals surface area contributed by atoms with E-state index in [0.29, 0.717) is 16.8 Å². The van der Waals surface area contributed by atoms with Gasteiger partial charge in [-0.2, -0.15) is 0 Å². The van der Waals surface area contributed by atoms with Gasteiger partial charge in [0.05, 0.1) is 16.8 Å². The molecular formula is C18H16N2O2. The number of nitrogens with zero attached hydrogens (tertiary/aromatic N) is 2. The quantitative estimate of drug-likeness (QED) is 0.758. The van der Waals surface area contributed by atoms with Crippen LogP contribution in [-0.4, -0.2) is 30.3 Å². The van der Waals surface area contributed by atoms with Crippen molar-refractivity contribution in [3.05, 3.63) is 64.7 Å². The minimum absolute atomic E-state index is 0.232. The SMILES string of the molecule is CN1CCc2ccc(N3C(=O)c4ccccc4C3=O)cc2C1. The Morgan fingerprint density at radius 1 is 0.909 bits per heavy atom. The topological polar surface area (TPSA) is 40.6 Å². The molecule has 0 saturated carbocycles. The Hall–Kier alpha value is -2.46. The second-order valence-corrected chi connectivity index (χ2v) is 5.93. The first-order chi connectivity index (χ1) is 10.6. The van der Waals surface area contributed by atoms with E-state index in [1.807, 2.05) is 18.2 Å². The maximum Gasteiger partial charge on any atom is 0.266 e. The Labute approximate surface area is 129 Å². The van der Waals surface area contributed by atoms with E-state index >= 15 is 0 Å². The van der Waals surface area contributed by atoms with Gasteiger partial charge in [-0.1, -0.05) is 18.2 Å². The van der Waals surface area contributed by atoms with Crippen LogP contribution in [0.3, 0.4) is 0 Å². The predicted molar refractivity (Wildman–Crippen MR) is 84.1 cm³/mol. The molecule has 2 amide bonds. The molecule has 0 aliphatic carbocycles. The van der Waals surface area contributed by atoms with Crippen LogP contribution in [0.1, 0.15) is 31.8 Å². The number of fused-ring (bicyclic) bond motifs is 2. The molecule has 4 heteroatoms. The molecule has 2 aromatic rings. The highest BCUT2D eigenvalue weighted by atomic mass is 16.2. The average Bonchev–Trinajstić information content (AvgIpc) is 2.79. The lowest BCUT2D eigenvalue weighted by Crippen LogP contribution is -2.31. The lowest BCUT2D eigenvalue weighted by molar-refractivity contribution is 0.0926. The van der Waals surface area contributed by atoms with Gasteiger partial charge in [-0.15, -0.1) is 0 Å². The van der Waals surface area contributed by atoms with Gasteiger partial charge in [0.25, 0.3) is 11.8 Å². The third-order valence-corrected chi connectivity index (χ3v) is 4.45. The van der Waals surface area contributed by atoms with Crippen LogP contribution in [0.5, 0.6) is 0 Å². The minimum Gasteiger partial charge on any atom is -0.302 e. The van der Waals surface area contributed by atoms with E-state index in [-0.39, 0.29) is 11.8 Å². The number of hydrogen-bond donors (Lipinski definition) is 0. The Morgan fingerprint density at radius 3 is 2.27 bits per heavy atom. The average molecular weight is 292 g/mol. The van der Waals surface area contributed by atoms with Gasteiger partial charge < -0.3 is 4.90 Å². The lowest BCUT2D eigenvalue weighted by Gasteiger charge is -2.26. The highest BCUT2D eigenvalue weighted by molar-refractivity contribution is 6.34. The van der Waals surface area contributed by atoms with Crippen molar-refractivity contribution in [1.82, 2.24) is 4.90 Å². The number of rotatable bonds is 1. The van der Waals surface area contributed by atoms with Crippen LogP contribution >= 0.6 is 0 Å². The fraction of sp³-hybridized carbons (Fsp3) is 0.222. The summed E-state index contributed by atoms with van der Waals surface area (Å²) in [5.74, 6) is -0.463. The van der Waals surface area contributed by atoms with Crippen molar-refractivity contribution < 1.29 is 9.59 Å². The number of imide groups is 1. The summed E-state index contributed by atoms with van der Waals surface area (Å²) >= 11 is 0. The van der Waals surface area contributed by atoms with Crippen molar-refractivity contribution in [2.24, 2.45) is 0 Å². The fourth-order valence-electron chi connectivity index (χ4n) is 3.25. The molecule has 0 saturated heterocycles. The van der Waals surface area contributed by atoms with Crippen molar-refractivity contribution in [3.63, 3.8) is 0 Å². The maximum atomic E-state index is 12.5. The van der Waals surface area contributed by atoms with E-state index in [0.717, 1.165) is 19.5 Å². The van der Waals surface area contributed by atoms with E-state index in [1.54, 1.807) is 24.3 Å². The van der Waals surface area contributed by atoms with Gasteiger partial charge in [0.1, 0.15) is 0 Å². The summed E-state index contributed by atoms with van der Waals surface area (Å²) in [6.07, 6.45) is 1.01. The largest absolute Gasteiger partial charge is 0.302 e. The molecule has 0 N–H and O–H groups in total. The highest BCUT2D eigenvalue weighted by Crippen LogP contribution is 2.30. The normalized spacial score (nSPS) is 17.6. The Bertz CT molecular complexity index is 762. The van der Waals surface area contributed by atoms with E-state index in [1.165, 1.54) is 16.0 Å². The Kier molecular flexibility index (Phi) is 2.87. The van der Waals surface area contributed by atoms with E-state index in [4.69, 9.17) is 0 Å². The van der Waals surface area contributed by atoms with Crippen molar-refractivity contribution in [2.75, 3.05) is 18.5 Å². The second kappa shape index (κ2) is 4.78. The second-order valence-electron chi connectivity index (χ2n) is 5.93. The molecular weight excluding hydrogens is 276 g/mol. The molecule has 0 fully saturated rings. The van der Waals surface area contributed by atoms with Gasteiger partial charge in [0.2, 0.25) is 0 Å². The number of anilines is 1. The number of carbonyl (C=O) groups excluding carboxylic acids is 2. The van der Waals surface area contributed by atoms with Gasteiger partial charge >= 0.3 is 0 Å². The van der Waals surface area contributed by atoms with Crippen molar-refractivity contribution in [2.45, 2.75) is 13.0 Å². The zero-order valence-corrected chi connectivity index (χ0v) is 12.4. The number of hydrogen-bond acceptors (Lipinski definition) is 3. The summed E-state index contributed by atoms with van der Waals surface area (Å²) in [5, 5.41) is 0. The van der Waals surface area contributed by atoms with Crippen LogP contribution in [0.2, 0.25) is 0 Å². The van der Waals surface area contributed by atoms with Crippen LogP contribution in [0.25, 0.3) is 0 Å². The molecule has 0 unspecified atom stereocenters. The standard InChI is InChI=1S/C18H16N2O2/c1-19-9-8-12-6-7-14(10-13(12)11-19)20-17(21)15-4-2-3-5-16(15)18(20)22/h2-7,10H,8-9,11H2,1H3. The number of likely N-dealkylation sites (N-methyl/N-ethyl adjacent to an activating group) is 1. The maximum absolute atomic E-state index is 12.5. The van der Waals surface area contributed by atoms with E-state index in [2.05, 4.69) is 11.9 Å². The molecule has 0 aromatic heterocycles. The van der Waals surface area contributed by atoms with Gasteiger partial charge in [-0.25, -0.2) is 4.90 Å². The highest BCUT2D eigenvalue weighted by Gasteiger charge is 2.36. The van der Waals surface area contributed by atoms with Crippen molar-refractivity contribution in [3.8, 4) is 0 Å². The first-order valence-corrected chi connectivity index (χ1v) is 7.43. The summed E-state index contributed by atoms with van der Waals surface area (Å²) in [5.41, 5.74) is 4.14. The lowest BCUT2D eigenvalue weighted by atomic mass is 9.99. The molecule has 2 heterocycles. The van der Waals surface area contributed by atoms with Crippen LogP contribution < -0.4 is 4.90 Å². The Balaban J connectivity index is 1.76. The first-order valence-electron chi connectivity index (χ1n) is 7.43. The number of carbonyl (C=O) groups is 2. The molecule has 2 aromatic carbocycles. The molecule has 4 rings (SSSR count). The summed E-state index contributed by atoms with van der Waals surface area (Å²) < 4.78 is 0. The summed E-state index contributed by atoms with van der Waals surface area (Å²) in [6, 6.07) is 12.9. The third-order valence-electron chi connectivity index (χ3n) is 4.45. The number of benzene rings is 2. The minimum atomic E-state index is -0.232. The molecule has 2 aliphatic heterocycles. The van der Waals surface area contributed by atoms with E-state index in [9.17, 15) is 9.59 Å². The van der Waals surface area contributed by atoms with Crippen molar-refractivity contribution in [1.29, 1.82) is 0 Å². The Morgan fingerprint density at radius 2 is 1.59 bits per heavy atom. The van der Waals surface area contributed by atoms with Crippen LogP contribution in [-0.2, 0) is 13.0 Å². The molecule has 110 valence electrons. The zero-order chi connectivity index (χ0) is 15.3. The zero-order valence-electron chi connectivity index (χ0n) is 12.4. The molecule has 2 aliphatic rings. The van der Waals surface area contributed by atoms with Crippen molar-refractivity contribution >= 4 is 17.5 Å². The monoisotopic (exact) mass is 292 g/mol. The molecule has 4 nitrogen and oxygen atoms in total. The number of amides is 2.